The molecule has 2 rings (SSSR count). The third-order valence-electron chi connectivity index (χ3n) is 2.50. The zero-order valence-electron chi connectivity index (χ0n) is 8.51. The number of carbonyl (C=O) groups excluding carboxylic acids is 1. The number of hydrogen-bond donors (Lipinski definition) is 1. The highest BCUT2D eigenvalue weighted by Gasteiger charge is 2.51. The summed E-state index contributed by atoms with van der Waals surface area (Å²) < 4.78 is -0.0934. The van der Waals surface area contributed by atoms with E-state index >= 15 is 0 Å². The number of nitrogens with zero attached hydrogens (tertiary/aromatic N) is 1. The van der Waals surface area contributed by atoms with Gasteiger partial charge in [0.05, 0.1) is 0 Å². The SMILES string of the molecule is C/C=C\C1=C(C(=O)O)N2C(=O)C(I)C2SC1. The van der Waals surface area contributed by atoms with E-state index < -0.39 is 5.97 Å². The van der Waals surface area contributed by atoms with Crippen LogP contribution in [0.5, 0.6) is 0 Å². The lowest BCUT2D eigenvalue weighted by Crippen LogP contribution is -2.62. The van der Waals surface area contributed by atoms with Crippen LogP contribution in [0.1, 0.15) is 6.92 Å². The first-order valence-electron chi connectivity index (χ1n) is 4.75. The first kappa shape index (κ1) is 12.0. The molecule has 0 aliphatic carbocycles. The molecule has 1 fully saturated rings. The number of aliphatic carboxylic acids is 1. The van der Waals surface area contributed by atoms with Crippen LogP contribution in [0.25, 0.3) is 0 Å². The van der Waals surface area contributed by atoms with Crippen molar-refractivity contribution in [3.63, 3.8) is 0 Å². The summed E-state index contributed by atoms with van der Waals surface area (Å²) in [5.74, 6) is -0.466. The summed E-state index contributed by atoms with van der Waals surface area (Å²) in [6.07, 6.45) is 3.56. The summed E-state index contributed by atoms with van der Waals surface area (Å²) in [7, 11) is 0. The molecule has 2 atom stereocenters. The van der Waals surface area contributed by atoms with Gasteiger partial charge in [0.1, 0.15) is 15.0 Å². The maximum absolute atomic E-state index is 11.6. The van der Waals surface area contributed by atoms with Crippen molar-refractivity contribution in [3.05, 3.63) is 23.4 Å². The fourth-order valence-electron chi connectivity index (χ4n) is 1.79. The molecule has 86 valence electrons. The van der Waals surface area contributed by atoms with E-state index in [2.05, 4.69) is 22.6 Å². The third kappa shape index (κ3) is 1.67. The van der Waals surface area contributed by atoms with Gasteiger partial charge in [0.25, 0.3) is 0 Å². The Morgan fingerprint density at radius 1 is 1.69 bits per heavy atom. The van der Waals surface area contributed by atoms with Crippen molar-refractivity contribution in [2.75, 3.05) is 5.75 Å². The Morgan fingerprint density at radius 3 is 2.94 bits per heavy atom. The van der Waals surface area contributed by atoms with Crippen molar-refractivity contribution in [3.8, 4) is 0 Å². The average Bonchev–Trinajstić information content (AvgIpc) is 2.27. The number of hydrogen-bond acceptors (Lipinski definition) is 3. The molecule has 2 unspecified atom stereocenters. The van der Waals surface area contributed by atoms with Crippen molar-refractivity contribution in [2.45, 2.75) is 16.2 Å². The largest absolute Gasteiger partial charge is 0.477 e. The second kappa shape index (κ2) is 4.40. The van der Waals surface area contributed by atoms with Gasteiger partial charge >= 0.3 is 5.97 Å². The molecule has 2 aliphatic rings. The van der Waals surface area contributed by atoms with Gasteiger partial charge in [-0.2, -0.15) is 0 Å². The maximum Gasteiger partial charge on any atom is 0.352 e. The van der Waals surface area contributed by atoms with Crippen molar-refractivity contribution < 1.29 is 14.7 Å². The molecule has 0 aromatic rings. The van der Waals surface area contributed by atoms with Gasteiger partial charge < -0.3 is 5.11 Å². The lowest BCUT2D eigenvalue weighted by molar-refractivity contribution is -0.144. The molecule has 0 bridgehead atoms. The summed E-state index contributed by atoms with van der Waals surface area (Å²) in [4.78, 5) is 24.2. The first-order chi connectivity index (χ1) is 7.57. The van der Waals surface area contributed by atoms with Gasteiger partial charge in [-0.1, -0.05) is 34.7 Å². The van der Waals surface area contributed by atoms with Crippen LogP contribution in [0.4, 0.5) is 0 Å². The van der Waals surface area contributed by atoms with Gasteiger partial charge in [-0.25, -0.2) is 4.79 Å². The molecule has 1 saturated heterocycles. The Morgan fingerprint density at radius 2 is 2.38 bits per heavy atom. The number of alkyl halides is 1. The molecule has 0 saturated carbocycles. The van der Waals surface area contributed by atoms with Crippen LogP contribution >= 0.6 is 34.4 Å². The monoisotopic (exact) mass is 351 g/mol. The number of fused-ring (bicyclic) bond motifs is 1. The Bertz CT molecular complexity index is 418. The lowest BCUT2D eigenvalue weighted by Gasteiger charge is -2.47. The van der Waals surface area contributed by atoms with Crippen LogP contribution in [0, 0.1) is 0 Å². The molecule has 4 nitrogen and oxygen atoms in total. The maximum atomic E-state index is 11.6. The summed E-state index contributed by atoms with van der Waals surface area (Å²) in [5.41, 5.74) is 0.868. The zero-order valence-corrected chi connectivity index (χ0v) is 11.5. The highest BCUT2D eigenvalue weighted by atomic mass is 127. The van der Waals surface area contributed by atoms with Gasteiger partial charge in [-0.05, 0) is 12.5 Å². The van der Waals surface area contributed by atoms with Crippen LogP contribution in [0.3, 0.4) is 0 Å². The van der Waals surface area contributed by atoms with E-state index in [-0.39, 0.29) is 20.9 Å². The minimum atomic E-state index is -1.02. The second-order valence-corrected chi connectivity index (χ2v) is 5.94. The Labute approximate surface area is 111 Å². The van der Waals surface area contributed by atoms with Crippen molar-refractivity contribution in [1.29, 1.82) is 0 Å². The predicted molar refractivity (Wildman–Crippen MR) is 70.4 cm³/mol. The molecule has 2 heterocycles. The first-order valence-corrected chi connectivity index (χ1v) is 7.05. The number of thioether (sulfide) groups is 1. The number of allylic oxidation sites excluding steroid dienone is 2. The molecular formula is C10H10INO3S. The molecule has 0 aromatic carbocycles. The third-order valence-corrected chi connectivity index (χ3v) is 5.51. The van der Waals surface area contributed by atoms with E-state index in [1.807, 2.05) is 6.92 Å². The minimum absolute atomic E-state index is 0.00629. The number of amides is 1. The fraction of sp³-hybridized carbons (Fsp3) is 0.400. The smallest absolute Gasteiger partial charge is 0.352 e. The molecule has 2 aliphatic heterocycles. The molecule has 0 aromatic heterocycles. The molecule has 16 heavy (non-hydrogen) atoms. The Kier molecular flexibility index (Phi) is 3.29. The Hall–Kier alpha value is -0.500. The summed E-state index contributed by atoms with van der Waals surface area (Å²) in [5, 5.41) is 9.16. The zero-order chi connectivity index (χ0) is 11.9. The van der Waals surface area contributed by atoms with E-state index in [4.69, 9.17) is 5.11 Å². The number of carboxylic acids is 1. The number of halogens is 1. The molecular weight excluding hydrogens is 341 g/mol. The van der Waals surface area contributed by atoms with Crippen LogP contribution in [0.15, 0.2) is 23.4 Å². The van der Waals surface area contributed by atoms with Gasteiger partial charge in [0, 0.05) is 5.75 Å². The number of carbonyl (C=O) groups is 2. The van der Waals surface area contributed by atoms with E-state index in [0.717, 1.165) is 0 Å². The summed E-state index contributed by atoms with van der Waals surface area (Å²) in [6.45, 7) is 1.84. The minimum Gasteiger partial charge on any atom is -0.477 e. The van der Waals surface area contributed by atoms with Crippen molar-refractivity contribution in [1.82, 2.24) is 4.90 Å². The summed E-state index contributed by atoms with van der Waals surface area (Å²) >= 11 is 3.69. The van der Waals surface area contributed by atoms with Crippen LogP contribution in [-0.4, -0.2) is 36.9 Å². The lowest BCUT2D eigenvalue weighted by atomic mass is 10.1. The normalized spacial score (nSPS) is 29.4. The van der Waals surface area contributed by atoms with Gasteiger partial charge in [0.15, 0.2) is 0 Å². The van der Waals surface area contributed by atoms with Crippen LogP contribution in [-0.2, 0) is 9.59 Å². The molecule has 1 amide bonds. The quantitative estimate of drug-likeness (QED) is 0.467. The van der Waals surface area contributed by atoms with E-state index in [9.17, 15) is 9.59 Å². The highest BCUT2D eigenvalue weighted by molar-refractivity contribution is 14.1. The molecule has 0 radical (unpaired) electrons. The molecule has 1 N–H and O–H groups in total. The van der Waals surface area contributed by atoms with Crippen molar-refractivity contribution >= 4 is 46.2 Å². The van der Waals surface area contributed by atoms with Gasteiger partial charge in [-0.3, -0.25) is 9.69 Å². The van der Waals surface area contributed by atoms with Crippen LogP contribution in [0.2, 0.25) is 0 Å². The standard InChI is InChI=1S/C10H10INO3S/c1-2-3-5-4-16-9-6(11)8(13)12(9)7(5)10(14)15/h2-3,6,9H,4H2,1H3,(H,14,15)/b3-2-. The second-order valence-electron chi connectivity index (χ2n) is 3.49. The van der Waals surface area contributed by atoms with E-state index in [0.29, 0.717) is 11.3 Å². The fourth-order valence-corrected chi connectivity index (χ4v) is 4.26. The number of carboxylic acid groups (broad SMARTS) is 1. The van der Waals surface area contributed by atoms with Gasteiger partial charge in [0.2, 0.25) is 5.91 Å². The van der Waals surface area contributed by atoms with Crippen molar-refractivity contribution in [2.24, 2.45) is 0 Å². The molecule has 6 heteroatoms. The molecule has 0 spiro atoms. The van der Waals surface area contributed by atoms with E-state index in [1.165, 1.54) is 4.90 Å². The number of rotatable bonds is 2. The van der Waals surface area contributed by atoms with E-state index in [1.54, 1.807) is 23.9 Å². The predicted octanol–water partition coefficient (Wildman–Crippen LogP) is 1.62. The highest BCUT2D eigenvalue weighted by Crippen LogP contribution is 2.43. The summed E-state index contributed by atoms with van der Waals surface area (Å²) in [6, 6.07) is 0. The topological polar surface area (TPSA) is 57.6 Å². The Balaban J connectivity index is 2.41. The number of β-lactam (4-membered cyclic amide) rings is 1. The van der Waals surface area contributed by atoms with Gasteiger partial charge in [-0.15, -0.1) is 11.8 Å². The van der Waals surface area contributed by atoms with Crippen LogP contribution < -0.4 is 0 Å². The average molecular weight is 351 g/mol.